The van der Waals surface area contributed by atoms with Gasteiger partial charge in [-0.2, -0.15) is 0 Å². The Morgan fingerprint density at radius 3 is 2.59 bits per heavy atom. The summed E-state index contributed by atoms with van der Waals surface area (Å²) < 4.78 is 1.37. The zero-order valence-corrected chi connectivity index (χ0v) is 16.4. The van der Waals surface area contributed by atoms with E-state index in [1.54, 1.807) is 4.90 Å². The highest BCUT2D eigenvalue weighted by Gasteiger charge is 2.27. The van der Waals surface area contributed by atoms with E-state index < -0.39 is 11.2 Å². The monoisotopic (exact) mass is 387 g/mol. The predicted molar refractivity (Wildman–Crippen MR) is 112 cm³/mol. The summed E-state index contributed by atoms with van der Waals surface area (Å²) in [5, 5.41) is 3.72. The molecule has 8 heteroatoms. The molecule has 1 aromatic carbocycles. The topological polar surface area (TPSA) is 96.2 Å². The normalized spacial score (nSPS) is 13.6. The smallest absolute Gasteiger partial charge is 0.330 e. The second-order valence-electron chi connectivity index (χ2n) is 7.29. The van der Waals surface area contributed by atoms with Crippen molar-refractivity contribution in [3.8, 4) is 0 Å². The van der Waals surface area contributed by atoms with Crippen LogP contribution in [0.3, 0.4) is 0 Å². The molecule has 0 saturated heterocycles. The van der Waals surface area contributed by atoms with Crippen molar-refractivity contribution < 1.29 is 0 Å². The Bertz CT molecular complexity index is 931. The van der Waals surface area contributed by atoms with Gasteiger partial charge in [-0.25, -0.2) is 4.79 Å². The number of aromatic amines is 1. The van der Waals surface area contributed by atoms with Crippen molar-refractivity contribution in [2.24, 2.45) is 5.92 Å². The van der Waals surface area contributed by atoms with Gasteiger partial charge in [0.25, 0.3) is 5.56 Å². The number of H-pyrrole nitrogens is 1. The predicted octanol–water partition coefficient (Wildman–Crippen LogP) is 1.67. The van der Waals surface area contributed by atoms with Crippen LogP contribution in [0, 0.1) is 5.92 Å². The molecule has 1 aromatic heterocycles. The Morgan fingerprint density at radius 2 is 2.00 bits per heavy atom. The maximum Gasteiger partial charge on any atom is 0.330 e. The minimum absolute atomic E-state index is 0.119. The summed E-state index contributed by atoms with van der Waals surface area (Å²) in [5.41, 5.74) is 6.39. The summed E-state index contributed by atoms with van der Waals surface area (Å²) in [7, 11) is 0. The number of hydrogen-bond acceptors (Lipinski definition) is 4. The van der Waals surface area contributed by atoms with Crippen LogP contribution >= 0.6 is 12.2 Å². The molecule has 1 aliphatic carbocycles. The fraction of sp³-hybridized carbons (Fsp3) is 0.421. The largest absolute Gasteiger partial charge is 0.383 e. The number of thiocarbonyl (C=S) groups is 1. The van der Waals surface area contributed by atoms with Gasteiger partial charge in [0.2, 0.25) is 0 Å². The van der Waals surface area contributed by atoms with Crippen LogP contribution in [0.5, 0.6) is 0 Å². The average Bonchev–Trinajstić information content (AvgIpc) is 3.42. The first kappa shape index (κ1) is 19.2. The van der Waals surface area contributed by atoms with Gasteiger partial charge < -0.3 is 16.0 Å². The summed E-state index contributed by atoms with van der Waals surface area (Å²) in [4.78, 5) is 29.1. The molecule has 0 radical (unpaired) electrons. The van der Waals surface area contributed by atoms with Crippen molar-refractivity contribution in [2.45, 2.75) is 39.3 Å². The molecule has 4 N–H and O–H groups in total. The lowest BCUT2D eigenvalue weighted by molar-refractivity contribution is 0.647. The molecular formula is C19H25N5O2S. The number of hydrogen-bond donors (Lipinski definition) is 3. The molecule has 1 heterocycles. The molecule has 27 heavy (non-hydrogen) atoms. The minimum Gasteiger partial charge on any atom is -0.383 e. The summed E-state index contributed by atoms with van der Waals surface area (Å²) in [6.07, 6.45) is 2.13. The minimum atomic E-state index is -0.532. The summed E-state index contributed by atoms with van der Waals surface area (Å²) in [6, 6.07) is 9.85. The lowest BCUT2D eigenvalue weighted by atomic mass is 10.2. The van der Waals surface area contributed by atoms with Crippen molar-refractivity contribution in [3.05, 3.63) is 56.7 Å². The van der Waals surface area contributed by atoms with Crippen LogP contribution in [-0.4, -0.2) is 27.3 Å². The van der Waals surface area contributed by atoms with Gasteiger partial charge in [-0.15, -0.1) is 0 Å². The highest BCUT2D eigenvalue weighted by atomic mass is 32.1. The second kappa shape index (κ2) is 7.96. The molecule has 1 fully saturated rings. The number of nitrogens with zero attached hydrogens (tertiary/aromatic N) is 2. The van der Waals surface area contributed by atoms with E-state index in [-0.39, 0.29) is 24.0 Å². The average molecular weight is 388 g/mol. The molecule has 3 rings (SSSR count). The lowest BCUT2D eigenvalue weighted by Crippen LogP contribution is -2.47. The molecular weight excluding hydrogens is 362 g/mol. The Morgan fingerprint density at radius 1 is 1.33 bits per heavy atom. The van der Waals surface area contributed by atoms with Gasteiger partial charge in [-0.3, -0.25) is 14.3 Å². The molecule has 0 bridgehead atoms. The molecule has 0 aliphatic heterocycles. The molecule has 0 unspecified atom stereocenters. The van der Waals surface area contributed by atoms with E-state index in [2.05, 4.69) is 10.3 Å². The summed E-state index contributed by atoms with van der Waals surface area (Å²) in [5.74, 6) is 0.366. The number of aromatic nitrogens is 2. The Hall–Kier alpha value is -2.61. The fourth-order valence-corrected chi connectivity index (χ4v) is 3.21. The van der Waals surface area contributed by atoms with Crippen molar-refractivity contribution in [1.29, 1.82) is 0 Å². The maximum atomic E-state index is 12.6. The first-order chi connectivity index (χ1) is 12.9. The zero-order chi connectivity index (χ0) is 19.6. The first-order valence-electron chi connectivity index (χ1n) is 9.11. The van der Waals surface area contributed by atoms with Crippen molar-refractivity contribution >= 4 is 28.8 Å². The third kappa shape index (κ3) is 4.57. The third-order valence-corrected chi connectivity index (χ3v) is 4.70. The van der Waals surface area contributed by atoms with E-state index in [9.17, 15) is 9.59 Å². The van der Waals surface area contributed by atoms with Gasteiger partial charge in [-0.1, -0.05) is 44.2 Å². The molecule has 0 amide bonds. The number of nitrogen functional groups attached to an aromatic ring is 1. The quantitative estimate of drug-likeness (QED) is 0.653. The SMILES string of the molecule is CC(C)CN(C(=S)NC1CC1)c1c(N)n(Cc2ccccc2)c(=O)[nH]c1=O. The standard InChI is InChI=1S/C19H25N5O2S/c1-12(2)10-23(19(27)21-14-8-9-14)15-16(20)24(18(26)22-17(15)25)11-13-6-4-3-5-7-13/h3-7,12,14H,8-11,20H2,1-2H3,(H,21,27)(H,22,25,26). The van der Waals surface area contributed by atoms with Crippen LogP contribution in [-0.2, 0) is 6.54 Å². The van der Waals surface area contributed by atoms with Crippen molar-refractivity contribution in [2.75, 3.05) is 17.2 Å². The second-order valence-corrected chi connectivity index (χ2v) is 7.68. The van der Waals surface area contributed by atoms with Crippen molar-refractivity contribution in [1.82, 2.24) is 14.9 Å². The van der Waals surface area contributed by atoms with Crippen LogP contribution in [0.1, 0.15) is 32.3 Å². The molecule has 1 aliphatic rings. The zero-order valence-electron chi connectivity index (χ0n) is 15.6. The number of anilines is 2. The van der Waals surface area contributed by atoms with Crippen LogP contribution < -0.4 is 27.2 Å². The molecule has 7 nitrogen and oxygen atoms in total. The van der Waals surface area contributed by atoms with Crippen LogP contribution in [0.15, 0.2) is 39.9 Å². The molecule has 0 atom stereocenters. The maximum absolute atomic E-state index is 12.6. The molecule has 144 valence electrons. The van der Waals surface area contributed by atoms with Gasteiger partial charge in [0.1, 0.15) is 5.82 Å². The van der Waals surface area contributed by atoms with E-state index in [4.69, 9.17) is 18.0 Å². The first-order valence-corrected chi connectivity index (χ1v) is 9.52. The Labute approximate surface area is 163 Å². The van der Waals surface area contributed by atoms with E-state index in [0.29, 0.717) is 17.7 Å². The summed E-state index contributed by atoms with van der Waals surface area (Å²) >= 11 is 5.54. The Balaban J connectivity index is 2.03. The van der Waals surface area contributed by atoms with Gasteiger partial charge >= 0.3 is 5.69 Å². The fourth-order valence-electron chi connectivity index (χ4n) is 2.88. The van der Waals surface area contributed by atoms with Crippen LogP contribution in [0.25, 0.3) is 0 Å². The van der Waals surface area contributed by atoms with E-state index in [1.807, 2.05) is 44.2 Å². The van der Waals surface area contributed by atoms with E-state index in [0.717, 1.165) is 18.4 Å². The molecule has 0 spiro atoms. The molecule has 2 aromatic rings. The van der Waals surface area contributed by atoms with Crippen LogP contribution in [0.2, 0.25) is 0 Å². The summed E-state index contributed by atoms with van der Waals surface area (Å²) in [6.45, 7) is 4.87. The number of benzene rings is 1. The highest BCUT2D eigenvalue weighted by molar-refractivity contribution is 7.80. The van der Waals surface area contributed by atoms with Gasteiger partial charge in [0.05, 0.1) is 6.54 Å². The number of nitrogens with two attached hydrogens (primary N) is 1. The number of rotatable bonds is 6. The van der Waals surface area contributed by atoms with Crippen molar-refractivity contribution in [3.63, 3.8) is 0 Å². The van der Waals surface area contributed by atoms with Gasteiger partial charge in [0.15, 0.2) is 10.8 Å². The van der Waals surface area contributed by atoms with E-state index in [1.165, 1.54) is 4.57 Å². The Kier molecular flexibility index (Phi) is 5.65. The third-order valence-electron chi connectivity index (χ3n) is 4.37. The van der Waals surface area contributed by atoms with E-state index >= 15 is 0 Å². The van der Waals surface area contributed by atoms with Gasteiger partial charge in [0, 0.05) is 12.6 Å². The van der Waals surface area contributed by atoms with Gasteiger partial charge in [-0.05, 0) is 36.5 Å². The molecule has 1 saturated carbocycles. The highest BCUT2D eigenvalue weighted by Crippen LogP contribution is 2.23. The number of nitrogens with one attached hydrogen (secondary N) is 2. The lowest BCUT2D eigenvalue weighted by Gasteiger charge is -2.28. The van der Waals surface area contributed by atoms with Crippen LogP contribution in [0.4, 0.5) is 11.5 Å².